The molecule has 1 amide bonds. The molecule has 2 aromatic carbocycles. The Morgan fingerprint density at radius 2 is 1.81 bits per heavy atom. The molecule has 0 aliphatic rings. The molecule has 0 heterocycles. The van der Waals surface area contributed by atoms with Crippen molar-refractivity contribution in [3.05, 3.63) is 57.8 Å². The number of primary amides is 1. The molecule has 0 radical (unpaired) electrons. The third kappa shape index (κ3) is 4.37. The summed E-state index contributed by atoms with van der Waals surface area (Å²) in [5.74, 6) is -0.689. The van der Waals surface area contributed by atoms with Crippen LogP contribution in [-0.4, -0.2) is 5.91 Å². The lowest BCUT2D eigenvalue weighted by Crippen LogP contribution is -2.11. The summed E-state index contributed by atoms with van der Waals surface area (Å²) in [4.78, 5) is 12.7. The van der Waals surface area contributed by atoms with Gasteiger partial charge in [-0.2, -0.15) is 0 Å². The number of benzene rings is 2. The van der Waals surface area contributed by atoms with Crippen LogP contribution in [0.25, 0.3) is 0 Å². The third-order valence-electron chi connectivity index (χ3n) is 2.82. The van der Waals surface area contributed by atoms with Crippen LogP contribution in [0, 0.1) is 5.82 Å². The summed E-state index contributed by atoms with van der Waals surface area (Å²) >= 11 is 13.7. The normalized spacial score (nSPS) is 10.6. The maximum Gasteiger partial charge on any atom is 0.217 e. The number of nitrogens with two attached hydrogens (primary N) is 1. The Labute approximate surface area is 136 Å². The fourth-order valence-corrected chi connectivity index (χ4v) is 3.26. The molecule has 0 aliphatic heterocycles. The quantitative estimate of drug-likeness (QED) is 0.854. The molecule has 110 valence electrons. The highest BCUT2D eigenvalue weighted by Gasteiger charge is 2.13. The Morgan fingerprint density at radius 1 is 1.14 bits per heavy atom. The zero-order valence-electron chi connectivity index (χ0n) is 10.9. The van der Waals surface area contributed by atoms with E-state index in [1.807, 2.05) is 6.07 Å². The fraction of sp³-hybridized carbons (Fsp3) is 0.133. The highest BCUT2D eigenvalue weighted by Crippen LogP contribution is 2.37. The highest BCUT2D eigenvalue weighted by atomic mass is 35.5. The Kier molecular flexibility index (Phi) is 5.51. The summed E-state index contributed by atoms with van der Waals surface area (Å²) in [5, 5.41) is 0.852. The van der Waals surface area contributed by atoms with Gasteiger partial charge in [-0.1, -0.05) is 35.0 Å². The van der Waals surface area contributed by atoms with E-state index in [0.717, 1.165) is 15.4 Å². The predicted molar refractivity (Wildman–Crippen MR) is 84.5 cm³/mol. The third-order valence-corrected chi connectivity index (χ3v) is 4.77. The van der Waals surface area contributed by atoms with Crippen LogP contribution in [-0.2, 0) is 11.2 Å². The molecule has 2 N–H and O–H groups in total. The predicted octanol–water partition coefficient (Wildman–Crippen LogP) is 4.70. The van der Waals surface area contributed by atoms with Crippen LogP contribution in [0.2, 0.25) is 10.0 Å². The van der Waals surface area contributed by atoms with Crippen LogP contribution >= 0.6 is 35.0 Å². The van der Waals surface area contributed by atoms with Crippen LogP contribution in [0.15, 0.2) is 46.2 Å². The standard InChI is InChI=1S/C15H12Cl2FNOS/c16-12-6-7-13(11(15(12)17)5-8-14(19)20)21-10-3-1-9(18)2-4-10/h1-4,6-7H,5,8H2,(H2,19,20). The smallest absolute Gasteiger partial charge is 0.217 e. The molecule has 0 spiro atoms. The van der Waals surface area contributed by atoms with Crippen LogP contribution in [0.4, 0.5) is 4.39 Å². The van der Waals surface area contributed by atoms with Gasteiger partial charge >= 0.3 is 0 Å². The minimum absolute atomic E-state index is 0.192. The molecule has 0 aliphatic carbocycles. The molecule has 0 saturated carbocycles. The monoisotopic (exact) mass is 343 g/mol. The Hall–Kier alpha value is -1.23. The van der Waals surface area contributed by atoms with E-state index in [9.17, 15) is 9.18 Å². The average Bonchev–Trinajstić information content (AvgIpc) is 2.44. The molecule has 0 atom stereocenters. The van der Waals surface area contributed by atoms with E-state index in [4.69, 9.17) is 28.9 Å². The molecule has 2 aromatic rings. The lowest BCUT2D eigenvalue weighted by molar-refractivity contribution is -0.117. The van der Waals surface area contributed by atoms with Crippen LogP contribution in [0.1, 0.15) is 12.0 Å². The summed E-state index contributed by atoms with van der Waals surface area (Å²) in [6.45, 7) is 0. The van der Waals surface area contributed by atoms with Gasteiger partial charge in [-0.25, -0.2) is 4.39 Å². The largest absolute Gasteiger partial charge is 0.370 e. The van der Waals surface area contributed by atoms with E-state index in [1.54, 1.807) is 18.2 Å². The number of amides is 1. The van der Waals surface area contributed by atoms with Gasteiger partial charge in [0.25, 0.3) is 0 Å². The summed E-state index contributed by atoms with van der Waals surface area (Å²) in [7, 11) is 0. The first-order valence-corrected chi connectivity index (χ1v) is 7.73. The van der Waals surface area contributed by atoms with E-state index >= 15 is 0 Å². The van der Waals surface area contributed by atoms with Crippen molar-refractivity contribution < 1.29 is 9.18 Å². The van der Waals surface area contributed by atoms with E-state index in [0.29, 0.717) is 16.5 Å². The molecule has 2 rings (SSSR count). The van der Waals surface area contributed by atoms with Gasteiger partial charge in [0.05, 0.1) is 10.0 Å². The Morgan fingerprint density at radius 3 is 2.43 bits per heavy atom. The zero-order valence-corrected chi connectivity index (χ0v) is 13.2. The molecule has 0 fully saturated rings. The van der Waals surface area contributed by atoms with Gasteiger partial charge in [0.2, 0.25) is 5.91 Å². The molecular formula is C15H12Cl2FNOS. The van der Waals surface area contributed by atoms with Crippen molar-refractivity contribution in [2.24, 2.45) is 5.73 Å². The molecule has 6 heteroatoms. The summed E-state index contributed by atoms with van der Waals surface area (Å²) in [6, 6.07) is 9.68. The highest BCUT2D eigenvalue weighted by molar-refractivity contribution is 7.99. The second kappa shape index (κ2) is 7.16. The van der Waals surface area contributed by atoms with Crippen molar-refractivity contribution >= 4 is 40.9 Å². The van der Waals surface area contributed by atoms with Crippen LogP contribution in [0.5, 0.6) is 0 Å². The van der Waals surface area contributed by atoms with Crippen molar-refractivity contribution in [2.75, 3.05) is 0 Å². The maximum absolute atomic E-state index is 12.9. The average molecular weight is 344 g/mol. The molecule has 0 unspecified atom stereocenters. The van der Waals surface area contributed by atoms with Gasteiger partial charge in [0.15, 0.2) is 0 Å². The van der Waals surface area contributed by atoms with E-state index < -0.39 is 5.91 Å². The number of rotatable bonds is 5. The SMILES string of the molecule is NC(=O)CCc1c(Sc2ccc(F)cc2)ccc(Cl)c1Cl. The first kappa shape index (κ1) is 16.1. The summed E-state index contributed by atoms with van der Waals surface area (Å²) < 4.78 is 12.9. The molecule has 2 nitrogen and oxygen atoms in total. The second-order valence-corrected chi connectivity index (χ2v) is 6.26. The van der Waals surface area contributed by atoms with Crippen molar-refractivity contribution in [3.8, 4) is 0 Å². The molecular weight excluding hydrogens is 332 g/mol. The Bertz CT molecular complexity index is 661. The van der Waals surface area contributed by atoms with Crippen molar-refractivity contribution in [1.29, 1.82) is 0 Å². The minimum atomic E-state index is -0.399. The van der Waals surface area contributed by atoms with Crippen molar-refractivity contribution in [3.63, 3.8) is 0 Å². The van der Waals surface area contributed by atoms with E-state index in [1.165, 1.54) is 23.9 Å². The van der Waals surface area contributed by atoms with Gasteiger partial charge in [0, 0.05) is 16.2 Å². The summed E-state index contributed by atoms with van der Waals surface area (Å²) in [6.07, 6.45) is 0.606. The van der Waals surface area contributed by atoms with Crippen LogP contribution in [0.3, 0.4) is 0 Å². The number of hydrogen-bond donors (Lipinski definition) is 1. The van der Waals surface area contributed by atoms with Gasteiger partial charge in [0.1, 0.15) is 5.82 Å². The number of carbonyl (C=O) groups excluding carboxylic acids is 1. The molecule has 0 bridgehead atoms. The van der Waals surface area contributed by atoms with Gasteiger partial charge in [-0.3, -0.25) is 4.79 Å². The topological polar surface area (TPSA) is 43.1 Å². The molecule has 0 aromatic heterocycles. The Balaban J connectivity index is 2.31. The molecule has 0 saturated heterocycles. The number of carbonyl (C=O) groups is 1. The van der Waals surface area contributed by atoms with Gasteiger partial charge in [-0.05, 0) is 48.4 Å². The first-order chi connectivity index (χ1) is 9.97. The van der Waals surface area contributed by atoms with Crippen molar-refractivity contribution in [2.45, 2.75) is 22.6 Å². The lowest BCUT2D eigenvalue weighted by Gasteiger charge is -2.12. The fourth-order valence-electron chi connectivity index (χ4n) is 1.78. The summed E-state index contributed by atoms with van der Waals surface area (Å²) in [5.41, 5.74) is 5.96. The second-order valence-electron chi connectivity index (χ2n) is 4.36. The van der Waals surface area contributed by atoms with E-state index in [2.05, 4.69) is 0 Å². The van der Waals surface area contributed by atoms with E-state index in [-0.39, 0.29) is 12.2 Å². The number of halogens is 3. The van der Waals surface area contributed by atoms with Crippen molar-refractivity contribution in [1.82, 2.24) is 0 Å². The molecule has 21 heavy (non-hydrogen) atoms. The minimum Gasteiger partial charge on any atom is -0.370 e. The maximum atomic E-state index is 12.9. The lowest BCUT2D eigenvalue weighted by atomic mass is 10.1. The number of hydrogen-bond acceptors (Lipinski definition) is 2. The van der Waals surface area contributed by atoms with Gasteiger partial charge < -0.3 is 5.73 Å². The van der Waals surface area contributed by atoms with Crippen LogP contribution < -0.4 is 5.73 Å². The zero-order chi connectivity index (χ0) is 15.4. The first-order valence-electron chi connectivity index (χ1n) is 6.16. The van der Waals surface area contributed by atoms with Gasteiger partial charge in [-0.15, -0.1) is 0 Å².